The van der Waals surface area contributed by atoms with Crippen LogP contribution in [0.25, 0.3) is 0 Å². The summed E-state index contributed by atoms with van der Waals surface area (Å²) in [5.41, 5.74) is 2.15. The summed E-state index contributed by atoms with van der Waals surface area (Å²) in [5.74, 6) is -0.0249. The van der Waals surface area contributed by atoms with Gasteiger partial charge in [0.15, 0.2) is 5.16 Å². The van der Waals surface area contributed by atoms with Gasteiger partial charge in [0.25, 0.3) is 5.91 Å². The lowest BCUT2D eigenvalue weighted by atomic mass is 10.2. The maximum absolute atomic E-state index is 12.4. The number of carbonyl (C=O) groups is 1. The molecule has 0 unspecified atom stereocenters. The molecule has 1 N–H and O–H groups in total. The smallest absolute Gasteiger partial charge is 0.265 e. The molecule has 2 heterocycles. The highest BCUT2D eigenvalue weighted by atomic mass is 32.2. The predicted molar refractivity (Wildman–Crippen MR) is 95.9 cm³/mol. The van der Waals surface area contributed by atoms with Gasteiger partial charge in [-0.15, -0.1) is 21.5 Å². The fraction of sp³-hybridized carbons (Fsp3) is 0.235. The van der Waals surface area contributed by atoms with Crippen molar-refractivity contribution in [2.75, 3.05) is 5.32 Å². The van der Waals surface area contributed by atoms with Crippen LogP contribution in [0.2, 0.25) is 0 Å². The van der Waals surface area contributed by atoms with Crippen LogP contribution in [0.5, 0.6) is 0 Å². The fourth-order valence-electron chi connectivity index (χ4n) is 2.71. The van der Waals surface area contributed by atoms with E-state index in [9.17, 15) is 4.79 Å². The maximum atomic E-state index is 12.4. The van der Waals surface area contributed by atoms with Crippen molar-refractivity contribution < 1.29 is 4.79 Å². The SMILES string of the molecule is Cn1cnnc1Sc1ccc(NC(=O)c2cc3c(s2)CCC3)cc1. The number of nitrogens with one attached hydrogen (secondary N) is 1. The third kappa shape index (κ3) is 3.09. The Morgan fingerprint density at radius 2 is 2.12 bits per heavy atom. The van der Waals surface area contributed by atoms with Crippen molar-refractivity contribution in [2.24, 2.45) is 7.05 Å². The van der Waals surface area contributed by atoms with Gasteiger partial charge in [0.2, 0.25) is 0 Å². The summed E-state index contributed by atoms with van der Waals surface area (Å²) in [5, 5.41) is 11.7. The molecular formula is C17H16N4OS2. The molecule has 1 amide bonds. The number of hydrogen-bond acceptors (Lipinski definition) is 5. The number of aryl methyl sites for hydroxylation is 3. The minimum absolute atomic E-state index is 0.0249. The lowest BCUT2D eigenvalue weighted by Crippen LogP contribution is -2.10. The van der Waals surface area contributed by atoms with Crippen molar-refractivity contribution in [1.82, 2.24) is 14.8 Å². The van der Waals surface area contributed by atoms with Gasteiger partial charge in [0.1, 0.15) is 6.33 Å². The van der Waals surface area contributed by atoms with E-state index in [-0.39, 0.29) is 5.91 Å². The van der Waals surface area contributed by atoms with E-state index in [4.69, 9.17) is 0 Å². The lowest BCUT2D eigenvalue weighted by molar-refractivity contribution is 0.103. The third-order valence-corrected chi connectivity index (χ3v) is 6.26. The van der Waals surface area contributed by atoms with Crippen LogP contribution in [0.3, 0.4) is 0 Å². The van der Waals surface area contributed by atoms with E-state index in [1.807, 2.05) is 41.9 Å². The first kappa shape index (κ1) is 15.4. The number of thiophene rings is 1. The second-order valence-corrected chi connectivity index (χ2v) is 7.90. The Balaban J connectivity index is 1.43. The summed E-state index contributed by atoms with van der Waals surface area (Å²) < 4.78 is 1.87. The van der Waals surface area contributed by atoms with Gasteiger partial charge in [-0.1, -0.05) is 0 Å². The molecule has 5 nitrogen and oxygen atoms in total. The van der Waals surface area contributed by atoms with E-state index >= 15 is 0 Å². The molecule has 122 valence electrons. The minimum atomic E-state index is -0.0249. The highest BCUT2D eigenvalue weighted by molar-refractivity contribution is 7.99. The average molecular weight is 356 g/mol. The Labute approximate surface area is 148 Å². The van der Waals surface area contributed by atoms with Gasteiger partial charge < -0.3 is 9.88 Å². The molecule has 0 aliphatic heterocycles. The van der Waals surface area contributed by atoms with Gasteiger partial charge in [0.05, 0.1) is 4.88 Å². The number of benzene rings is 1. The summed E-state index contributed by atoms with van der Waals surface area (Å²) in [6.07, 6.45) is 5.11. The van der Waals surface area contributed by atoms with Crippen LogP contribution >= 0.6 is 23.1 Å². The average Bonchev–Trinajstić information content (AvgIpc) is 3.26. The summed E-state index contributed by atoms with van der Waals surface area (Å²) in [6, 6.07) is 9.82. The first-order valence-electron chi connectivity index (χ1n) is 7.74. The number of amides is 1. The molecule has 2 aromatic heterocycles. The maximum Gasteiger partial charge on any atom is 0.265 e. The van der Waals surface area contributed by atoms with Gasteiger partial charge in [-0.2, -0.15) is 0 Å². The van der Waals surface area contributed by atoms with Crippen molar-refractivity contribution in [3.8, 4) is 0 Å². The van der Waals surface area contributed by atoms with Crippen LogP contribution in [0.1, 0.15) is 26.5 Å². The van der Waals surface area contributed by atoms with Gasteiger partial charge in [0, 0.05) is 22.5 Å². The summed E-state index contributed by atoms with van der Waals surface area (Å²) in [6.45, 7) is 0. The summed E-state index contributed by atoms with van der Waals surface area (Å²) in [4.78, 5) is 15.6. The molecule has 1 aromatic carbocycles. The molecule has 0 radical (unpaired) electrons. The highest BCUT2D eigenvalue weighted by Crippen LogP contribution is 2.31. The third-order valence-electron chi connectivity index (χ3n) is 3.96. The van der Waals surface area contributed by atoms with Gasteiger partial charge in [-0.25, -0.2) is 0 Å². The van der Waals surface area contributed by atoms with Crippen LogP contribution in [0.4, 0.5) is 5.69 Å². The van der Waals surface area contributed by atoms with Crippen LogP contribution in [-0.2, 0) is 19.9 Å². The number of carbonyl (C=O) groups excluding carboxylic acids is 1. The Hall–Kier alpha value is -2.12. The van der Waals surface area contributed by atoms with E-state index in [1.165, 1.54) is 28.6 Å². The van der Waals surface area contributed by atoms with E-state index in [0.717, 1.165) is 33.5 Å². The Kier molecular flexibility index (Phi) is 4.12. The molecule has 0 saturated heterocycles. The van der Waals surface area contributed by atoms with E-state index in [1.54, 1.807) is 17.7 Å². The van der Waals surface area contributed by atoms with Crippen LogP contribution < -0.4 is 5.32 Å². The number of aromatic nitrogens is 3. The molecular weight excluding hydrogens is 340 g/mol. The van der Waals surface area contributed by atoms with Crippen molar-refractivity contribution >= 4 is 34.7 Å². The van der Waals surface area contributed by atoms with Crippen LogP contribution in [0, 0.1) is 0 Å². The number of fused-ring (bicyclic) bond motifs is 1. The molecule has 0 saturated carbocycles. The molecule has 0 bridgehead atoms. The fourth-order valence-corrected chi connectivity index (χ4v) is 4.62. The van der Waals surface area contributed by atoms with E-state index < -0.39 is 0 Å². The largest absolute Gasteiger partial charge is 0.321 e. The van der Waals surface area contributed by atoms with E-state index in [2.05, 4.69) is 15.5 Å². The normalized spacial score (nSPS) is 13.0. The first-order valence-corrected chi connectivity index (χ1v) is 9.37. The molecule has 1 aliphatic rings. The zero-order chi connectivity index (χ0) is 16.5. The Morgan fingerprint density at radius 1 is 1.29 bits per heavy atom. The van der Waals surface area contributed by atoms with Gasteiger partial charge in [-0.3, -0.25) is 4.79 Å². The standard InChI is InChI=1S/C17H16N4OS2/c1-21-10-18-20-17(21)23-13-7-5-12(6-8-13)19-16(22)15-9-11-3-2-4-14(11)24-15/h5-10H,2-4H2,1H3,(H,19,22). The zero-order valence-corrected chi connectivity index (χ0v) is 14.8. The second kappa shape index (κ2) is 6.41. The van der Waals surface area contributed by atoms with Crippen LogP contribution in [0.15, 0.2) is 46.7 Å². The number of rotatable bonds is 4. The molecule has 4 rings (SSSR count). The molecule has 24 heavy (non-hydrogen) atoms. The topological polar surface area (TPSA) is 59.8 Å². The lowest BCUT2D eigenvalue weighted by Gasteiger charge is -2.05. The quantitative estimate of drug-likeness (QED) is 0.773. The van der Waals surface area contributed by atoms with Crippen molar-refractivity contribution in [2.45, 2.75) is 29.3 Å². The van der Waals surface area contributed by atoms with Gasteiger partial charge >= 0.3 is 0 Å². The molecule has 7 heteroatoms. The Bertz CT molecular complexity index is 861. The molecule has 0 spiro atoms. The predicted octanol–water partition coefficient (Wildman–Crippen LogP) is 3.77. The minimum Gasteiger partial charge on any atom is -0.321 e. The Morgan fingerprint density at radius 3 is 2.83 bits per heavy atom. The number of nitrogens with zero attached hydrogens (tertiary/aromatic N) is 3. The monoisotopic (exact) mass is 356 g/mol. The molecule has 3 aromatic rings. The summed E-state index contributed by atoms with van der Waals surface area (Å²) >= 11 is 3.16. The number of anilines is 1. The van der Waals surface area contributed by atoms with Gasteiger partial charge in [-0.05, 0) is 66.9 Å². The molecule has 1 aliphatic carbocycles. The van der Waals surface area contributed by atoms with Crippen molar-refractivity contribution in [3.63, 3.8) is 0 Å². The zero-order valence-electron chi connectivity index (χ0n) is 13.2. The molecule has 0 atom stereocenters. The van der Waals surface area contributed by atoms with Crippen molar-refractivity contribution in [3.05, 3.63) is 52.0 Å². The second-order valence-electron chi connectivity index (χ2n) is 5.72. The van der Waals surface area contributed by atoms with Crippen LogP contribution in [-0.4, -0.2) is 20.7 Å². The van der Waals surface area contributed by atoms with E-state index in [0.29, 0.717) is 0 Å². The van der Waals surface area contributed by atoms with Crippen molar-refractivity contribution in [1.29, 1.82) is 0 Å². The number of hydrogen-bond donors (Lipinski definition) is 1. The molecule has 0 fully saturated rings. The first-order chi connectivity index (χ1) is 11.7. The highest BCUT2D eigenvalue weighted by Gasteiger charge is 2.18. The summed E-state index contributed by atoms with van der Waals surface area (Å²) in [7, 11) is 1.91.